The van der Waals surface area contributed by atoms with Gasteiger partial charge in [0.15, 0.2) is 0 Å². The number of piperidine rings is 1. The van der Waals surface area contributed by atoms with Gasteiger partial charge in [-0.2, -0.15) is 0 Å². The zero-order valence-corrected chi connectivity index (χ0v) is 5.59. The standard InChI is InChI=1S/C7H13N/c1-6-4-3-5-7(2)8-6/h3,6-7H,4-5H2,1-2H3. The van der Waals surface area contributed by atoms with Gasteiger partial charge < -0.3 is 0 Å². The van der Waals surface area contributed by atoms with Gasteiger partial charge >= 0.3 is 0 Å². The highest BCUT2D eigenvalue weighted by Gasteiger charge is 2.14. The molecule has 2 unspecified atom stereocenters. The van der Waals surface area contributed by atoms with Crippen LogP contribution in [0.3, 0.4) is 0 Å². The minimum Gasteiger partial charge on any atom is -0.236 e. The number of rotatable bonds is 0. The van der Waals surface area contributed by atoms with Crippen molar-refractivity contribution >= 4 is 0 Å². The number of hydrogen-bond donors (Lipinski definition) is 0. The summed E-state index contributed by atoms with van der Waals surface area (Å²) in [6, 6.07) is 1.16. The molecule has 2 radical (unpaired) electrons. The fraction of sp³-hybridized carbons (Fsp3) is 0.857. The van der Waals surface area contributed by atoms with Crippen molar-refractivity contribution < 1.29 is 0 Å². The van der Waals surface area contributed by atoms with E-state index in [2.05, 4.69) is 25.6 Å². The van der Waals surface area contributed by atoms with Crippen LogP contribution in [0.2, 0.25) is 0 Å². The van der Waals surface area contributed by atoms with Crippen LogP contribution in [0, 0.1) is 6.42 Å². The first-order valence-corrected chi connectivity index (χ1v) is 3.30. The molecule has 0 aliphatic carbocycles. The summed E-state index contributed by atoms with van der Waals surface area (Å²) in [7, 11) is 0. The van der Waals surface area contributed by atoms with Crippen LogP contribution in [0.25, 0.3) is 0 Å². The third-order valence-corrected chi connectivity index (χ3v) is 1.52. The molecule has 1 heterocycles. The van der Waals surface area contributed by atoms with Crippen molar-refractivity contribution in [1.82, 2.24) is 5.32 Å². The predicted molar refractivity (Wildman–Crippen MR) is 34.6 cm³/mol. The van der Waals surface area contributed by atoms with Crippen molar-refractivity contribution in [1.29, 1.82) is 0 Å². The molecule has 1 nitrogen and oxygen atoms in total. The minimum atomic E-state index is 0.582. The first-order valence-electron chi connectivity index (χ1n) is 3.30. The maximum Gasteiger partial charge on any atom is 0.0223 e. The number of hydrogen-bond acceptors (Lipinski definition) is 0. The van der Waals surface area contributed by atoms with Gasteiger partial charge in [-0.3, -0.25) is 0 Å². The Morgan fingerprint density at radius 3 is 2.00 bits per heavy atom. The van der Waals surface area contributed by atoms with E-state index in [0.29, 0.717) is 12.1 Å². The molecular weight excluding hydrogens is 98.1 g/mol. The summed E-state index contributed by atoms with van der Waals surface area (Å²) in [5, 5.41) is 4.45. The maximum absolute atomic E-state index is 4.45. The molecule has 0 amide bonds. The Morgan fingerprint density at radius 2 is 1.75 bits per heavy atom. The van der Waals surface area contributed by atoms with Crippen LogP contribution < -0.4 is 5.32 Å². The molecule has 0 N–H and O–H groups in total. The van der Waals surface area contributed by atoms with E-state index in [9.17, 15) is 0 Å². The highest BCUT2D eigenvalue weighted by atomic mass is 14.9. The quantitative estimate of drug-likeness (QED) is 0.448. The second-order valence-electron chi connectivity index (χ2n) is 2.61. The lowest BCUT2D eigenvalue weighted by Gasteiger charge is -2.22. The molecule has 8 heavy (non-hydrogen) atoms. The molecule has 1 aliphatic rings. The van der Waals surface area contributed by atoms with Crippen molar-refractivity contribution in [3.05, 3.63) is 6.42 Å². The second kappa shape index (κ2) is 2.49. The Balaban J connectivity index is 2.23. The smallest absolute Gasteiger partial charge is 0.0223 e. The van der Waals surface area contributed by atoms with Crippen molar-refractivity contribution in [3.63, 3.8) is 0 Å². The van der Waals surface area contributed by atoms with Crippen molar-refractivity contribution in [2.45, 2.75) is 38.8 Å². The second-order valence-corrected chi connectivity index (χ2v) is 2.61. The zero-order valence-electron chi connectivity index (χ0n) is 5.59. The summed E-state index contributed by atoms with van der Waals surface area (Å²) in [5.74, 6) is 0. The first kappa shape index (κ1) is 6.09. The van der Waals surface area contributed by atoms with Crippen LogP contribution in [-0.4, -0.2) is 12.1 Å². The van der Waals surface area contributed by atoms with E-state index in [1.54, 1.807) is 0 Å². The van der Waals surface area contributed by atoms with Crippen LogP contribution in [0.1, 0.15) is 26.7 Å². The van der Waals surface area contributed by atoms with Gasteiger partial charge in [0.1, 0.15) is 0 Å². The van der Waals surface area contributed by atoms with Gasteiger partial charge in [-0.15, -0.1) is 0 Å². The molecule has 1 heteroatoms. The lowest BCUT2D eigenvalue weighted by molar-refractivity contribution is 0.396. The molecule has 0 aromatic rings. The average Bonchev–Trinajstić information content (AvgIpc) is 1.64. The van der Waals surface area contributed by atoms with Crippen LogP contribution >= 0.6 is 0 Å². The molecule has 0 spiro atoms. The molecule has 0 bridgehead atoms. The zero-order chi connectivity index (χ0) is 5.98. The molecule has 46 valence electrons. The molecular formula is C7H13N. The van der Waals surface area contributed by atoms with Gasteiger partial charge in [0.25, 0.3) is 0 Å². The third-order valence-electron chi connectivity index (χ3n) is 1.52. The molecule has 1 rings (SSSR count). The largest absolute Gasteiger partial charge is 0.236 e. The van der Waals surface area contributed by atoms with E-state index >= 15 is 0 Å². The van der Waals surface area contributed by atoms with Gasteiger partial charge in [0, 0.05) is 12.1 Å². The van der Waals surface area contributed by atoms with Crippen LogP contribution in [-0.2, 0) is 0 Å². The summed E-state index contributed by atoms with van der Waals surface area (Å²) < 4.78 is 0. The lowest BCUT2D eigenvalue weighted by atomic mass is 10.0. The Hall–Kier alpha value is -0.0400. The fourth-order valence-corrected chi connectivity index (χ4v) is 1.13. The van der Waals surface area contributed by atoms with Crippen LogP contribution in [0.4, 0.5) is 0 Å². The summed E-state index contributed by atoms with van der Waals surface area (Å²) in [5.41, 5.74) is 0. The summed E-state index contributed by atoms with van der Waals surface area (Å²) in [6.45, 7) is 4.35. The van der Waals surface area contributed by atoms with E-state index in [1.807, 2.05) is 0 Å². The number of nitrogens with zero attached hydrogens (tertiary/aromatic N) is 1. The normalized spacial score (nSPS) is 39.8. The van der Waals surface area contributed by atoms with Crippen molar-refractivity contribution in [3.8, 4) is 0 Å². The van der Waals surface area contributed by atoms with Gasteiger partial charge in [-0.25, -0.2) is 5.32 Å². The highest BCUT2D eigenvalue weighted by molar-refractivity contribution is 4.84. The lowest BCUT2D eigenvalue weighted by Crippen LogP contribution is -2.31. The van der Waals surface area contributed by atoms with E-state index in [0.717, 1.165) is 0 Å². The molecule has 2 atom stereocenters. The highest BCUT2D eigenvalue weighted by Crippen LogP contribution is 2.11. The van der Waals surface area contributed by atoms with E-state index in [-0.39, 0.29) is 0 Å². The SMILES string of the molecule is CC1C[CH]CC(C)[N]1. The molecule has 1 aliphatic heterocycles. The Morgan fingerprint density at radius 1 is 1.25 bits per heavy atom. The van der Waals surface area contributed by atoms with E-state index < -0.39 is 0 Å². The van der Waals surface area contributed by atoms with Gasteiger partial charge in [0.05, 0.1) is 0 Å². The van der Waals surface area contributed by atoms with Crippen molar-refractivity contribution in [2.24, 2.45) is 0 Å². The summed E-state index contributed by atoms with van der Waals surface area (Å²) >= 11 is 0. The molecule has 1 fully saturated rings. The Kier molecular flexibility index (Phi) is 1.90. The Bertz CT molecular complexity index is 62.8. The van der Waals surface area contributed by atoms with Gasteiger partial charge in [-0.1, -0.05) is 0 Å². The van der Waals surface area contributed by atoms with Gasteiger partial charge in [-0.05, 0) is 33.1 Å². The van der Waals surface area contributed by atoms with Crippen molar-refractivity contribution in [2.75, 3.05) is 0 Å². The van der Waals surface area contributed by atoms with E-state index in [1.165, 1.54) is 12.8 Å². The summed E-state index contributed by atoms with van der Waals surface area (Å²) in [6.07, 6.45) is 4.71. The molecule has 0 saturated carbocycles. The van der Waals surface area contributed by atoms with Gasteiger partial charge in [0.2, 0.25) is 0 Å². The predicted octanol–water partition coefficient (Wildman–Crippen LogP) is 1.37. The minimum absolute atomic E-state index is 0.582. The Labute approximate surface area is 51.5 Å². The topological polar surface area (TPSA) is 14.1 Å². The third kappa shape index (κ3) is 1.48. The summed E-state index contributed by atoms with van der Waals surface area (Å²) in [4.78, 5) is 0. The maximum atomic E-state index is 4.45. The van der Waals surface area contributed by atoms with Crippen LogP contribution in [0.15, 0.2) is 0 Å². The molecule has 0 aromatic heterocycles. The molecule has 0 aromatic carbocycles. The van der Waals surface area contributed by atoms with Crippen LogP contribution in [0.5, 0.6) is 0 Å². The monoisotopic (exact) mass is 111 g/mol. The fourth-order valence-electron chi connectivity index (χ4n) is 1.13. The average molecular weight is 111 g/mol. The first-order chi connectivity index (χ1) is 3.79. The van der Waals surface area contributed by atoms with E-state index in [4.69, 9.17) is 0 Å². The molecule has 1 saturated heterocycles.